The van der Waals surface area contributed by atoms with Gasteiger partial charge in [-0.1, -0.05) is 60.2 Å². The minimum atomic E-state index is 0.681. The van der Waals surface area contributed by atoms with Crippen LogP contribution in [0.4, 0.5) is 0 Å². The van der Waals surface area contributed by atoms with Gasteiger partial charge in [-0.05, 0) is 36.2 Å². The van der Waals surface area contributed by atoms with Gasteiger partial charge in [-0.25, -0.2) is 0 Å². The van der Waals surface area contributed by atoms with Crippen molar-refractivity contribution in [2.24, 2.45) is 5.73 Å². The molecule has 0 atom stereocenters. The summed E-state index contributed by atoms with van der Waals surface area (Å²) >= 11 is 6.20. The Labute approximate surface area is 113 Å². The van der Waals surface area contributed by atoms with E-state index in [9.17, 15) is 0 Å². The smallest absolute Gasteiger partial charge is 0.0484 e. The summed E-state index contributed by atoms with van der Waals surface area (Å²) in [6.45, 7) is 0.681. The van der Waals surface area contributed by atoms with Gasteiger partial charge in [-0.2, -0.15) is 0 Å². The van der Waals surface area contributed by atoms with E-state index in [4.69, 9.17) is 17.3 Å². The molecule has 0 radical (unpaired) electrons. The van der Waals surface area contributed by atoms with Crippen molar-refractivity contribution in [3.63, 3.8) is 0 Å². The van der Waals surface area contributed by atoms with E-state index in [1.165, 1.54) is 5.56 Å². The SMILES string of the molecule is NCC/C=C/c1cccc(-c2ccccc2Cl)c1. The topological polar surface area (TPSA) is 26.0 Å². The van der Waals surface area contributed by atoms with Gasteiger partial charge in [0, 0.05) is 10.6 Å². The van der Waals surface area contributed by atoms with Gasteiger partial charge >= 0.3 is 0 Å². The highest BCUT2D eigenvalue weighted by Gasteiger charge is 2.01. The average Bonchev–Trinajstić information content (AvgIpc) is 2.40. The molecular weight excluding hydrogens is 242 g/mol. The number of hydrogen-bond donors (Lipinski definition) is 1. The van der Waals surface area contributed by atoms with E-state index in [1.807, 2.05) is 30.3 Å². The van der Waals surface area contributed by atoms with E-state index in [1.54, 1.807) is 0 Å². The van der Waals surface area contributed by atoms with E-state index in [2.05, 4.69) is 30.4 Å². The third-order valence-electron chi connectivity index (χ3n) is 2.72. The summed E-state index contributed by atoms with van der Waals surface area (Å²) in [6.07, 6.45) is 5.08. The highest BCUT2D eigenvalue weighted by Crippen LogP contribution is 2.28. The fourth-order valence-corrected chi connectivity index (χ4v) is 2.07. The molecule has 2 aromatic rings. The van der Waals surface area contributed by atoms with Gasteiger partial charge in [-0.3, -0.25) is 0 Å². The fraction of sp³-hybridized carbons (Fsp3) is 0.125. The standard InChI is InChI=1S/C16H16ClN/c17-16-10-2-1-9-15(16)14-8-5-7-13(12-14)6-3-4-11-18/h1-3,5-10,12H,4,11,18H2/b6-3+. The van der Waals surface area contributed by atoms with Crippen LogP contribution in [0.15, 0.2) is 54.6 Å². The second-order valence-electron chi connectivity index (χ2n) is 4.09. The zero-order chi connectivity index (χ0) is 12.8. The Morgan fingerprint density at radius 3 is 2.67 bits per heavy atom. The molecule has 2 aromatic carbocycles. The quantitative estimate of drug-likeness (QED) is 0.865. The van der Waals surface area contributed by atoms with E-state index in [0.717, 1.165) is 22.6 Å². The maximum atomic E-state index is 6.20. The molecule has 0 saturated heterocycles. The lowest BCUT2D eigenvalue weighted by Crippen LogP contribution is -1.94. The number of rotatable bonds is 4. The molecule has 0 amide bonds. The molecule has 0 heterocycles. The van der Waals surface area contributed by atoms with Gasteiger partial charge in [-0.15, -0.1) is 0 Å². The first-order chi connectivity index (χ1) is 8.81. The minimum absolute atomic E-state index is 0.681. The molecular formula is C16H16ClN. The van der Waals surface area contributed by atoms with Crippen molar-refractivity contribution in [1.29, 1.82) is 0 Å². The van der Waals surface area contributed by atoms with Crippen LogP contribution < -0.4 is 5.73 Å². The number of hydrogen-bond acceptors (Lipinski definition) is 1. The van der Waals surface area contributed by atoms with Crippen molar-refractivity contribution >= 4 is 17.7 Å². The molecule has 1 nitrogen and oxygen atoms in total. The van der Waals surface area contributed by atoms with Gasteiger partial charge in [0.15, 0.2) is 0 Å². The summed E-state index contributed by atoms with van der Waals surface area (Å²) in [5, 5.41) is 0.778. The zero-order valence-electron chi connectivity index (χ0n) is 10.1. The first kappa shape index (κ1) is 12.9. The van der Waals surface area contributed by atoms with Crippen molar-refractivity contribution in [2.75, 3.05) is 6.54 Å². The Balaban J connectivity index is 2.30. The molecule has 0 aromatic heterocycles. The molecule has 92 valence electrons. The third kappa shape index (κ3) is 3.22. The summed E-state index contributed by atoms with van der Waals surface area (Å²) in [6, 6.07) is 16.2. The van der Waals surface area contributed by atoms with Crippen LogP contribution in [0.5, 0.6) is 0 Å². The largest absolute Gasteiger partial charge is 0.330 e. The molecule has 2 heteroatoms. The number of benzene rings is 2. The lowest BCUT2D eigenvalue weighted by molar-refractivity contribution is 1.01. The molecule has 0 aliphatic heterocycles. The van der Waals surface area contributed by atoms with Crippen molar-refractivity contribution in [3.8, 4) is 11.1 Å². The highest BCUT2D eigenvalue weighted by atomic mass is 35.5. The summed E-state index contributed by atoms with van der Waals surface area (Å²) < 4.78 is 0. The molecule has 0 aliphatic rings. The predicted octanol–water partition coefficient (Wildman–Crippen LogP) is 4.37. The van der Waals surface area contributed by atoms with Gasteiger partial charge in [0.25, 0.3) is 0 Å². The van der Waals surface area contributed by atoms with E-state index >= 15 is 0 Å². The minimum Gasteiger partial charge on any atom is -0.330 e. The second-order valence-corrected chi connectivity index (χ2v) is 4.49. The molecule has 0 spiro atoms. The van der Waals surface area contributed by atoms with Crippen LogP contribution >= 0.6 is 11.6 Å². The number of halogens is 1. The van der Waals surface area contributed by atoms with Crippen LogP contribution in [0.3, 0.4) is 0 Å². The Hall–Kier alpha value is -1.57. The van der Waals surface area contributed by atoms with Gasteiger partial charge in [0.1, 0.15) is 0 Å². The second kappa shape index (κ2) is 6.39. The molecule has 18 heavy (non-hydrogen) atoms. The van der Waals surface area contributed by atoms with Crippen molar-refractivity contribution < 1.29 is 0 Å². The van der Waals surface area contributed by atoms with E-state index in [-0.39, 0.29) is 0 Å². The van der Waals surface area contributed by atoms with Crippen molar-refractivity contribution in [3.05, 3.63) is 65.2 Å². The normalized spacial score (nSPS) is 11.0. The number of nitrogens with two attached hydrogens (primary N) is 1. The van der Waals surface area contributed by atoms with Crippen molar-refractivity contribution in [2.45, 2.75) is 6.42 Å². The monoisotopic (exact) mass is 257 g/mol. The van der Waals surface area contributed by atoms with Crippen LogP contribution in [0.1, 0.15) is 12.0 Å². The molecule has 2 N–H and O–H groups in total. The highest BCUT2D eigenvalue weighted by molar-refractivity contribution is 6.33. The molecule has 2 rings (SSSR count). The van der Waals surface area contributed by atoms with Crippen LogP contribution in [0.2, 0.25) is 5.02 Å². The van der Waals surface area contributed by atoms with Crippen LogP contribution in [-0.2, 0) is 0 Å². The van der Waals surface area contributed by atoms with Crippen molar-refractivity contribution in [1.82, 2.24) is 0 Å². The maximum absolute atomic E-state index is 6.20. The Bertz CT molecular complexity index is 546. The van der Waals surface area contributed by atoms with E-state index < -0.39 is 0 Å². The lowest BCUT2D eigenvalue weighted by Gasteiger charge is -2.05. The first-order valence-corrected chi connectivity index (χ1v) is 6.40. The molecule has 0 aliphatic carbocycles. The Kier molecular flexibility index (Phi) is 4.57. The average molecular weight is 258 g/mol. The molecule has 0 unspecified atom stereocenters. The molecule has 0 fully saturated rings. The maximum Gasteiger partial charge on any atom is 0.0484 e. The van der Waals surface area contributed by atoms with Crippen LogP contribution in [0.25, 0.3) is 17.2 Å². The molecule has 0 saturated carbocycles. The summed E-state index contributed by atoms with van der Waals surface area (Å²) in [5.74, 6) is 0. The first-order valence-electron chi connectivity index (χ1n) is 6.03. The summed E-state index contributed by atoms with van der Waals surface area (Å²) in [5.41, 5.74) is 8.83. The van der Waals surface area contributed by atoms with Gasteiger partial charge < -0.3 is 5.73 Å². The summed E-state index contributed by atoms with van der Waals surface area (Å²) in [7, 11) is 0. The Morgan fingerprint density at radius 2 is 1.89 bits per heavy atom. The van der Waals surface area contributed by atoms with Crippen LogP contribution in [0, 0.1) is 0 Å². The lowest BCUT2D eigenvalue weighted by atomic mass is 10.0. The molecule has 0 bridgehead atoms. The Morgan fingerprint density at radius 1 is 1.06 bits per heavy atom. The zero-order valence-corrected chi connectivity index (χ0v) is 10.9. The summed E-state index contributed by atoms with van der Waals surface area (Å²) in [4.78, 5) is 0. The van der Waals surface area contributed by atoms with Gasteiger partial charge in [0.05, 0.1) is 0 Å². The predicted molar refractivity (Wildman–Crippen MR) is 79.6 cm³/mol. The van der Waals surface area contributed by atoms with Gasteiger partial charge in [0.2, 0.25) is 0 Å². The van der Waals surface area contributed by atoms with Crippen LogP contribution in [-0.4, -0.2) is 6.54 Å². The fourth-order valence-electron chi connectivity index (χ4n) is 1.82. The third-order valence-corrected chi connectivity index (χ3v) is 3.04. The van der Waals surface area contributed by atoms with E-state index in [0.29, 0.717) is 6.54 Å².